The Balaban J connectivity index is 0.771. The van der Waals surface area contributed by atoms with Gasteiger partial charge in [-0.15, -0.1) is 0 Å². The Hall–Kier alpha value is -5.72. The van der Waals surface area contributed by atoms with Crippen LogP contribution in [-0.2, 0) is 0 Å². The third kappa shape index (κ3) is 17.6. The number of likely N-dealkylation sites (N-methyl/N-ethyl adjacent to an activating group) is 1. The second-order valence-corrected chi connectivity index (χ2v) is 18.7. The molecule has 5 nitrogen and oxygen atoms in total. The second-order valence-electron chi connectivity index (χ2n) is 18.7. The predicted molar refractivity (Wildman–Crippen MR) is 296 cm³/mol. The molecule has 364 valence electrons. The van der Waals surface area contributed by atoms with Gasteiger partial charge in [0.25, 0.3) is 0 Å². The smallest absolute Gasteiger partial charge is 0.119 e. The standard InChI is InChI=1S/C64H81N3O2/c1-6-61(53-29-16-12-17-30-53)63(55-33-20-14-21-34-55)57-37-41-59(42-38-57)68-51-28-49-66(4)47-26-9-8-24-45-65(3)46-25-10-11-27-48-67(5)50-52-69-60-43-39-58(40-44-60)64(56-35-22-15-23-36-56)62(7-2)54-31-18-13-19-32-54/h12-23,29-44H,6-11,24-28,45-52H2,1-5H3/b63-61-,64-62-. The molecular formula is C64H81N3O2. The maximum absolute atomic E-state index is 6.22. The average Bonchev–Trinajstić information content (AvgIpc) is 3.39. The second kappa shape index (κ2) is 30.0. The van der Waals surface area contributed by atoms with E-state index in [-0.39, 0.29) is 0 Å². The number of allylic oxidation sites excluding steroid dienone is 2. The summed E-state index contributed by atoms with van der Waals surface area (Å²) < 4.78 is 12.4. The van der Waals surface area contributed by atoms with Gasteiger partial charge >= 0.3 is 0 Å². The molecule has 0 atom stereocenters. The van der Waals surface area contributed by atoms with Gasteiger partial charge in [-0.25, -0.2) is 0 Å². The van der Waals surface area contributed by atoms with E-state index in [1.807, 2.05) is 0 Å². The minimum atomic E-state index is 0.695. The van der Waals surface area contributed by atoms with Crippen molar-refractivity contribution in [3.8, 4) is 11.5 Å². The third-order valence-corrected chi connectivity index (χ3v) is 13.3. The van der Waals surface area contributed by atoms with Crippen LogP contribution in [0, 0.1) is 0 Å². The molecule has 6 aromatic carbocycles. The van der Waals surface area contributed by atoms with Crippen LogP contribution in [0.15, 0.2) is 170 Å². The Kier molecular flexibility index (Phi) is 22.9. The lowest BCUT2D eigenvalue weighted by Gasteiger charge is -2.19. The summed E-state index contributed by atoms with van der Waals surface area (Å²) in [5.74, 6) is 1.87. The molecule has 0 amide bonds. The number of unbranched alkanes of at least 4 members (excludes halogenated alkanes) is 6. The van der Waals surface area contributed by atoms with E-state index in [1.165, 1.54) is 120 Å². The van der Waals surface area contributed by atoms with Crippen molar-refractivity contribution >= 4 is 22.3 Å². The fourth-order valence-corrected chi connectivity index (χ4v) is 9.42. The Morgan fingerprint density at radius 1 is 0.304 bits per heavy atom. The maximum Gasteiger partial charge on any atom is 0.119 e. The molecule has 5 heteroatoms. The molecule has 0 aliphatic heterocycles. The molecule has 0 fully saturated rings. The van der Waals surface area contributed by atoms with E-state index in [9.17, 15) is 0 Å². The summed E-state index contributed by atoms with van der Waals surface area (Å²) in [6, 6.07) is 60.5. The van der Waals surface area contributed by atoms with Crippen LogP contribution < -0.4 is 9.47 Å². The predicted octanol–water partition coefficient (Wildman–Crippen LogP) is 15.2. The van der Waals surface area contributed by atoms with E-state index in [4.69, 9.17) is 9.47 Å². The zero-order valence-electron chi connectivity index (χ0n) is 42.8. The Labute approximate surface area is 417 Å². The van der Waals surface area contributed by atoms with Crippen molar-refractivity contribution in [1.82, 2.24) is 14.7 Å². The highest BCUT2D eigenvalue weighted by molar-refractivity contribution is 5.99. The first kappa shape index (κ1) is 52.6. The van der Waals surface area contributed by atoms with Gasteiger partial charge in [0.1, 0.15) is 18.1 Å². The summed E-state index contributed by atoms with van der Waals surface area (Å²) in [6.45, 7) is 12.6. The van der Waals surface area contributed by atoms with Gasteiger partial charge in [-0.2, -0.15) is 0 Å². The van der Waals surface area contributed by atoms with E-state index in [1.54, 1.807) is 0 Å². The van der Waals surface area contributed by atoms with Crippen molar-refractivity contribution in [2.24, 2.45) is 0 Å². The fraction of sp³-hybridized carbons (Fsp3) is 0.375. The minimum absolute atomic E-state index is 0.695. The van der Waals surface area contributed by atoms with Crippen LogP contribution in [0.4, 0.5) is 0 Å². The summed E-state index contributed by atoms with van der Waals surface area (Å²) in [6.07, 6.45) is 13.2. The van der Waals surface area contributed by atoms with Crippen molar-refractivity contribution in [2.75, 3.05) is 73.6 Å². The number of hydrogen-bond donors (Lipinski definition) is 0. The van der Waals surface area contributed by atoms with E-state index >= 15 is 0 Å². The van der Waals surface area contributed by atoms with Crippen LogP contribution in [0.2, 0.25) is 0 Å². The summed E-state index contributed by atoms with van der Waals surface area (Å²) >= 11 is 0. The highest BCUT2D eigenvalue weighted by Crippen LogP contribution is 2.36. The Morgan fingerprint density at radius 3 is 0.942 bits per heavy atom. The van der Waals surface area contributed by atoms with Crippen LogP contribution >= 0.6 is 0 Å². The molecular weight excluding hydrogens is 843 g/mol. The van der Waals surface area contributed by atoms with Gasteiger partial charge in [-0.05, 0) is 172 Å². The van der Waals surface area contributed by atoms with Crippen molar-refractivity contribution < 1.29 is 9.47 Å². The Bertz CT molecular complexity index is 2360. The summed E-state index contributed by atoms with van der Waals surface area (Å²) in [5, 5.41) is 0. The van der Waals surface area contributed by atoms with Crippen molar-refractivity contribution in [3.63, 3.8) is 0 Å². The van der Waals surface area contributed by atoms with Gasteiger partial charge in [0.05, 0.1) is 6.61 Å². The van der Waals surface area contributed by atoms with Crippen molar-refractivity contribution in [1.29, 1.82) is 0 Å². The van der Waals surface area contributed by atoms with Gasteiger partial charge in [-0.3, -0.25) is 0 Å². The fourth-order valence-electron chi connectivity index (χ4n) is 9.42. The zero-order valence-corrected chi connectivity index (χ0v) is 42.8. The molecule has 0 aliphatic carbocycles. The van der Waals surface area contributed by atoms with E-state index in [0.29, 0.717) is 6.61 Å². The first-order valence-electron chi connectivity index (χ1n) is 26.1. The first-order chi connectivity index (χ1) is 33.9. The Morgan fingerprint density at radius 2 is 0.594 bits per heavy atom. The summed E-state index contributed by atoms with van der Waals surface area (Å²) in [4.78, 5) is 7.41. The number of rotatable bonds is 31. The molecule has 0 bridgehead atoms. The monoisotopic (exact) mass is 924 g/mol. The lowest BCUT2D eigenvalue weighted by molar-refractivity contribution is 0.234. The largest absolute Gasteiger partial charge is 0.494 e. The van der Waals surface area contributed by atoms with Gasteiger partial charge in [0, 0.05) is 13.1 Å². The molecule has 0 unspecified atom stereocenters. The quantitative estimate of drug-likeness (QED) is 0.0320. The molecule has 69 heavy (non-hydrogen) atoms. The lowest BCUT2D eigenvalue weighted by Crippen LogP contribution is -2.25. The number of ether oxygens (including phenoxy) is 2. The first-order valence-corrected chi connectivity index (χ1v) is 26.1. The van der Waals surface area contributed by atoms with Crippen molar-refractivity contribution in [3.05, 3.63) is 203 Å². The van der Waals surface area contributed by atoms with Gasteiger partial charge in [0.2, 0.25) is 0 Å². The molecule has 0 aliphatic rings. The minimum Gasteiger partial charge on any atom is -0.494 e. The van der Waals surface area contributed by atoms with Crippen LogP contribution in [0.1, 0.15) is 118 Å². The SMILES string of the molecule is CC/C(=C(\c1ccccc1)c1ccc(OCCCN(C)CCCCCCN(C)CCCCCCN(C)CCOc2ccc(/C(=C(/CC)c3ccccc3)c3ccccc3)cc2)cc1)c1ccccc1. The van der Waals surface area contributed by atoms with Crippen LogP contribution in [-0.4, -0.2) is 88.3 Å². The van der Waals surface area contributed by atoms with E-state index < -0.39 is 0 Å². The van der Waals surface area contributed by atoms with E-state index in [0.717, 1.165) is 63.5 Å². The molecule has 0 aromatic heterocycles. The summed E-state index contributed by atoms with van der Waals surface area (Å²) in [7, 11) is 6.77. The zero-order chi connectivity index (χ0) is 48.3. The third-order valence-electron chi connectivity index (χ3n) is 13.3. The number of hydrogen-bond acceptors (Lipinski definition) is 5. The van der Waals surface area contributed by atoms with Gasteiger partial charge < -0.3 is 24.2 Å². The molecule has 0 saturated carbocycles. The lowest BCUT2D eigenvalue weighted by atomic mass is 9.88. The number of nitrogens with zero attached hydrogens (tertiary/aromatic N) is 3. The molecule has 0 radical (unpaired) electrons. The van der Waals surface area contributed by atoms with Crippen LogP contribution in [0.5, 0.6) is 11.5 Å². The molecule has 0 N–H and O–H groups in total. The van der Waals surface area contributed by atoms with Crippen LogP contribution in [0.3, 0.4) is 0 Å². The molecule has 0 saturated heterocycles. The molecule has 6 aromatic rings. The van der Waals surface area contributed by atoms with Crippen LogP contribution in [0.25, 0.3) is 22.3 Å². The van der Waals surface area contributed by atoms with Crippen molar-refractivity contribution in [2.45, 2.75) is 84.5 Å². The van der Waals surface area contributed by atoms with E-state index in [2.05, 4.69) is 220 Å². The highest BCUT2D eigenvalue weighted by atomic mass is 16.5. The maximum atomic E-state index is 6.22. The normalized spacial score (nSPS) is 12.3. The molecule has 6 rings (SSSR count). The molecule has 0 heterocycles. The average molecular weight is 924 g/mol. The highest BCUT2D eigenvalue weighted by Gasteiger charge is 2.15. The van der Waals surface area contributed by atoms with Gasteiger partial charge in [0.15, 0.2) is 0 Å². The number of benzene rings is 6. The summed E-state index contributed by atoms with van der Waals surface area (Å²) in [5.41, 5.74) is 12.8. The topological polar surface area (TPSA) is 28.2 Å². The van der Waals surface area contributed by atoms with Gasteiger partial charge in [-0.1, -0.05) is 185 Å². The molecule has 0 spiro atoms.